The Hall–Kier alpha value is -2.72. The summed E-state index contributed by atoms with van der Waals surface area (Å²) in [7, 11) is -4.05. The Balaban J connectivity index is 2.12. The van der Waals surface area contributed by atoms with Crippen molar-refractivity contribution >= 4 is 15.8 Å². The van der Waals surface area contributed by atoms with Crippen LogP contribution in [0, 0.1) is 29.5 Å². The zero-order chi connectivity index (χ0) is 18.4. The Morgan fingerprint density at radius 1 is 1.16 bits per heavy atom. The molecule has 128 valence electrons. The summed E-state index contributed by atoms with van der Waals surface area (Å²) in [6.45, 7) is 1.80. The van der Waals surface area contributed by atoms with E-state index in [1.54, 1.807) is 25.1 Å². The molecule has 0 radical (unpaired) electrons. The highest BCUT2D eigenvalue weighted by Gasteiger charge is 2.77. The van der Waals surface area contributed by atoms with E-state index in [0.717, 1.165) is 17.7 Å². The number of halogens is 1. The summed E-state index contributed by atoms with van der Waals surface area (Å²) in [5, 5.41) is 17.6. The van der Waals surface area contributed by atoms with Crippen molar-refractivity contribution < 1.29 is 22.7 Å². The fraction of sp³-hybridized carbons (Fsp3) is 0.222. The molecule has 3 unspecified atom stereocenters. The Morgan fingerprint density at radius 2 is 1.72 bits per heavy atom. The van der Waals surface area contributed by atoms with Gasteiger partial charge < -0.3 is 5.11 Å². The van der Waals surface area contributed by atoms with Gasteiger partial charge in [0.2, 0.25) is 0 Å². The number of benzene rings is 2. The molecule has 0 aromatic heterocycles. The number of hydrogen-bond acceptors (Lipinski definition) is 4. The minimum absolute atomic E-state index is 0.0337. The molecule has 2 aromatic rings. The molecule has 0 aliphatic heterocycles. The van der Waals surface area contributed by atoms with Gasteiger partial charge in [0.25, 0.3) is 0 Å². The molecule has 3 rings (SSSR count). The molecule has 0 spiro atoms. The van der Waals surface area contributed by atoms with Crippen molar-refractivity contribution in [2.45, 2.75) is 23.0 Å². The van der Waals surface area contributed by atoms with Crippen LogP contribution in [0.15, 0.2) is 53.4 Å². The maximum Gasteiger partial charge on any atom is 0.326 e. The van der Waals surface area contributed by atoms with Crippen LogP contribution in [-0.4, -0.2) is 24.7 Å². The van der Waals surface area contributed by atoms with Crippen LogP contribution in [-0.2, 0) is 14.6 Å². The second-order valence-corrected chi connectivity index (χ2v) is 8.16. The summed E-state index contributed by atoms with van der Waals surface area (Å²) in [5.74, 6) is -3.08. The molecular formula is C18H14FNO4S. The monoisotopic (exact) mass is 359 g/mol. The minimum Gasteiger partial charge on any atom is -0.480 e. The van der Waals surface area contributed by atoms with Gasteiger partial charge in [0.15, 0.2) is 15.3 Å². The lowest BCUT2D eigenvalue weighted by molar-refractivity contribution is -0.141. The average Bonchev–Trinajstić information content (AvgIpc) is 3.27. The quantitative estimate of drug-likeness (QED) is 0.905. The third-order valence-electron chi connectivity index (χ3n) is 4.58. The summed E-state index contributed by atoms with van der Waals surface area (Å²) in [4.78, 5) is 11.7. The van der Waals surface area contributed by atoms with Gasteiger partial charge in [0.05, 0.1) is 11.0 Å². The van der Waals surface area contributed by atoms with E-state index in [1.807, 2.05) is 0 Å². The fourth-order valence-corrected chi connectivity index (χ4v) is 5.45. The van der Waals surface area contributed by atoms with E-state index in [1.165, 1.54) is 24.3 Å². The van der Waals surface area contributed by atoms with Gasteiger partial charge in [-0.25, -0.2) is 12.8 Å². The predicted octanol–water partition coefficient (Wildman–Crippen LogP) is 2.67. The predicted molar refractivity (Wildman–Crippen MR) is 87.0 cm³/mol. The summed E-state index contributed by atoms with van der Waals surface area (Å²) in [5.41, 5.74) is -0.915. The molecule has 3 atom stereocenters. The van der Waals surface area contributed by atoms with E-state index >= 15 is 0 Å². The molecule has 0 amide bonds. The first-order valence-corrected chi connectivity index (χ1v) is 9.00. The van der Waals surface area contributed by atoms with Crippen molar-refractivity contribution in [2.75, 3.05) is 0 Å². The van der Waals surface area contributed by atoms with Crippen molar-refractivity contribution in [3.8, 4) is 6.07 Å². The molecule has 2 aromatic carbocycles. The van der Waals surface area contributed by atoms with E-state index in [9.17, 15) is 28.0 Å². The van der Waals surface area contributed by atoms with Gasteiger partial charge in [-0.15, -0.1) is 0 Å². The highest BCUT2D eigenvalue weighted by atomic mass is 32.2. The molecular weight excluding hydrogens is 345 g/mol. The zero-order valence-corrected chi connectivity index (χ0v) is 14.0. The van der Waals surface area contributed by atoms with Gasteiger partial charge in [-0.1, -0.05) is 29.8 Å². The van der Waals surface area contributed by atoms with Gasteiger partial charge in [-0.3, -0.25) is 4.79 Å². The number of hydrogen-bond donors (Lipinski definition) is 1. The number of nitriles is 1. The third-order valence-corrected chi connectivity index (χ3v) is 6.83. The lowest BCUT2D eigenvalue weighted by Gasteiger charge is -2.05. The van der Waals surface area contributed by atoms with Crippen molar-refractivity contribution in [3.63, 3.8) is 0 Å². The first-order chi connectivity index (χ1) is 11.7. The van der Waals surface area contributed by atoms with E-state index in [-0.39, 0.29) is 4.90 Å². The van der Waals surface area contributed by atoms with Crippen molar-refractivity contribution in [3.05, 3.63) is 65.5 Å². The van der Waals surface area contributed by atoms with Crippen LogP contribution in [0.2, 0.25) is 0 Å². The second kappa shape index (κ2) is 5.67. The number of aliphatic carboxylic acids is 1. The lowest BCUT2D eigenvalue weighted by Crippen LogP contribution is -2.22. The van der Waals surface area contributed by atoms with Gasteiger partial charge in [0.1, 0.15) is 11.1 Å². The molecule has 0 heterocycles. The second-order valence-electron chi connectivity index (χ2n) is 6.09. The highest BCUT2D eigenvalue weighted by Crippen LogP contribution is 2.63. The van der Waals surface area contributed by atoms with Crippen LogP contribution in [0.5, 0.6) is 0 Å². The summed E-state index contributed by atoms with van der Waals surface area (Å²) >= 11 is 0. The smallest absolute Gasteiger partial charge is 0.326 e. The van der Waals surface area contributed by atoms with E-state index in [2.05, 4.69) is 0 Å². The number of sulfone groups is 1. The first kappa shape index (κ1) is 17.1. The van der Waals surface area contributed by atoms with Crippen LogP contribution in [0.25, 0.3) is 0 Å². The number of aryl methyl sites for hydroxylation is 1. The van der Waals surface area contributed by atoms with Crippen LogP contribution in [0.3, 0.4) is 0 Å². The minimum atomic E-state index is -4.05. The molecule has 1 aliphatic carbocycles. The van der Waals surface area contributed by atoms with Crippen LogP contribution < -0.4 is 0 Å². The standard InChI is InChI=1S/C18H14FNO4S/c1-11-2-8-14(9-3-11)25(23,24)16-15(18(16,10-20)17(21)22)12-4-6-13(19)7-5-12/h2-9,15-16H,1H3,(H,21,22). The third kappa shape index (κ3) is 2.50. The molecule has 0 saturated heterocycles. The van der Waals surface area contributed by atoms with E-state index in [4.69, 9.17) is 0 Å². The molecule has 0 bridgehead atoms. The van der Waals surface area contributed by atoms with Crippen molar-refractivity contribution in [1.29, 1.82) is 5.26 Å². The summed E-state index contributed by atoms with van der Waals surface area (Å²) < 4.78 is 39.0. The van der Waals surface area contributed by atoms with Gasteiger partial charge >= 0.3 is 5.97 Å². The average molecular weight is 359 g/mol. The highest BCUT2D eigenvalue weighted by molar-refractivity contribution is 7.92. The molecule has 1 saturated carbocycles. The Labute approximate surface area is 144 Å². The lowest BCUT2D eigenvalue weighted by atomic mass is 10.0. The van der Waals surface area contributed by atoms with Gasteiger partial charge in [-0.05, 0) is 36.8 Å². The Morgan fingerprint density at radius 3 is 2.20 bits per heavy atom. The normalized spacial score (nSPS) is 25.2. The Kier molecular flexibility index (Phi) is 3.88. The van der Waals surface area contributed by atoms with Crippen molar-refractivity contribution in [1.82, 2.24) is 0 Å². The Bertz CT molecular complexity index is 977. The summed E-state index contributed by atoms with van der Waals surface area (Å²) in [6, 6.07) is 12.6. The van der Waals surface area contributed by atoms with E-state index in [0.29, 0.717) is 5.56 Å². The number of carbonyl (C=O) groups is 1. The number of carboxylic acid groups (broad SMARTS) is 1. The summed E-state index contributed by atoms with van der Waals surface area (Å²) in [6.07, 6.45) is 0. The first-order valence-electron chi connectivity index (χ1n) is 7.46. The van der Waals surface area contributed by atoms with Gasteiger partial charge in [0, 0.05) is 5.92 Å². The maximum absolute atomic E-state index is 13.1. The molecule has 7 heteroatoms. The van der Waals surface area contributed by atoms with Crippen LogP contribution >= 0.6 is 0 Å². The number of nitrogens with zero attached hydrogens (tertiary/aromatic N) is 1. The SMILES string of the molecule is Cc1ccc(S(=O)(=O)C2C(c3ccc(F)cc3)C2(C#N)C(=O)O)cc1. The van der Waals surface area contributed by atoms with E-state index < -0.39 is 38.2 Å². The molecule has 5 nitrogen and oxygen atoms in total. The number of rotatable bonds is 4. The molecule has 1 aliphatic rings. The maximum atomic E-state index is 13.1. The van der Waals surface area contributed by atoms with Crippen LogP contribution in [0.1, 0.15) is 17.0 Å². The van der Waals surface area contributed by atoms with Crippen molar-refractivity contribution in [2.24, 2.45) is 5.41 Å². The number of carboxylic acids is 1. The molecule has 25 heavy (non-hydrogen) atoms. The molecule has 1 fully saturated rings. The van der Waals surface area contributed by atoms with Crippen LogP contribution in [0.4, 0.5) is 4.39 Å². The largest absolute Gasteiger partial charge is 0.480 e. The topological polar surface area (TPSA) is 95.2 Å². The fourth-order valence-electron chi connectivity index (χ4n) is 3.20. The molecule has 1 N–H and O–H groups in total. The van der Waals surface area contributed by atoms with Gasteiger partial charge in [-0.2, -0.15) is 5.26 Å². The zero-order valence-electron chi connectivity index (χ0n) is 13.2.